The zero-order chi connectivity index (χ0) is 21.1. The summed E-state index contributed by atoms with van der Waals surface area (Å²) in [5, 5.41) is 3.15. The van der Waals surface area contributed by atoms with E-state index in [1.54, 1.807) is 43.3 Å². The number of hydrogen-bond donors (Lipinski definition) is 1. The molecular formula is C20H18ClN3O5. The minimum absolute atomic E-state index is 0.210. The number of ether oxygens (including phenoxy) is 1. The third-order valence-corrected chi connectivity index (χ3v) is 4.78. The average Bonchev–Trinajstić information content (AvgIpc) is 2.91. The predicted octanol–water partition coefficient (Wildman–Crippen LogP) is 2.52. The van der Waals surface area contributed by atoms with Gasteiger partial charge in [-0.05, 0) is 42.8 Å². The molecule has 0 aromatic heterocycles. The molecule has 1 saturated heterocycles. The first-order valence-electron chi connectivity index (χ1n) is 8.71. The Morgan fingerprint density at radius 1 is 1.07 bits per heavy atom. The Kier molecular flexibility index (Phi) is 5.84. The van der Waals surface area contributed by atoms with E-state index in [1.165, 1.54) is 19.2 Å². The zero-order valence-electron chi connectivity index (χ0n) is 15.7. The Hall–Kier alpha value is -3.39. The van der Waals surface area contributed by atoms with Gasteiger partial charge in [-0.2, -0.15) is 0 Å². The summed E-state index contributed by atoms with van der Waals surface area (Å²) in [6.45, 7) is 1.15. The van der Waals surface area contributed by atoms with E-state index < -0.39 is 36.3 Å². The summed E-state index contributed by atoms with van der Waals surface area (Å²) in [7, 11) is 1.48. The lowest BCUT2D eigenvalue weighted by atomic mass is 10.1. The highest BCUT2D eigenvalue weighted by atomic mass is 35.5. The lowest BCUT2D eigenvalue weighted by molar-refractivity contribution is -0.140. The van der Waals surface area contributed by atoms with Gasteiger partial charge in [0.25, 0.3) is 0 Å². The van der Waals surface area contributed by atoms with Crippen molar-refractivity contribution in [1.82, 2.24) is 10.2 Å². The second-order valence-corrected chi connectivity index (χ2v) is 6.73. The second kappa shape index (κ2) is 8.32. The number of amides is 5. The van der Waals surface area contributed by atoms with Crippen molar-refractivity contribution in [3.8, 4) is 5.75 Å². The molecule has 150 valence electrons. The number of urea groups is 1. The number of nitrogens with one attached hydrogen (secondary N) is 1. The molecule has 2 aromatic carbocycles. The molecule has 0 radical (unpaired) electrons. The topological polar surface area (TPSA) is 96.0 Å². The van der Waals surface area contributed by atoms with Crippen molar-refractivity contribution in [2.45, 2.75) is 13.0 Å². The van der Waals surface area contributed by atoms with E-state index >= 15 is 0 Å². The Balaban J connectivity index is 1.71. The monoisotopic (exact) mass is 415 g/mol. The minimum atomic E-state index is -1.06. The largest absolute Gasteiger partial charge is 0.497 e. The second-order valence-electron chi connectivity index (χ2n) is 6.32. The zero-order valence-corrected chi connectivity index (χ0v) is 16.5. The SMILES string of the molecule is COc1ccc(N2C(=O)C(=O)N(CC(=O)N[C@@H](C)c3ccccc3Cl)C2=O)cc1. The molecule has 1 atom stereocenters. The summed E-state index contributed by atoms with van der Waals surface area (Å²) in [4.78, 5) is 50.9. The standard InChI is InChI=1S/C20H18ClN3O5/c1-12(15-5-3-4-6-16(15)21)22-17(25)11-23-18(26)19(27)24(20(23)28)13-7-9-14(29-2)10-8-13/h3-10,12H,11H2,1-2H3,(H,22,25)/t12-/m0/s1. The average molecular weight is 416 g/mol. The van der Waals surface area contributed by atoms with Crippen molar-refractivity contribution in [3.63, 3.8) is 0 Å². The molecular weight excluding hydrogens is 398 g/mol. The van der Waals surface area contributed by atoms with Crippen LogP contribution in [0, 0.1) is 0 Å². The summed E-state index contributed by atoms with van der Waals surface area (Å²) >= 11 is 6.12. The molecule has 0 aliphatic carbocycles. The number of anilines is 1. The van der Waals surface area contributed by atoms with Gasteiger partial charge in [0.1, 0.15) is 12.3 Å². The number of carbonyl (C=O) groups excluding carboxylic acids is 4. The van der Waals surface area contributed by atoms with Crippen LogP contribution in [0.15, 0.2) is 48.5 Å². The van der Waals surface area contributed by atoms with Crippen LogP contribution in [-0.2, 0) is 14.4 Å². The Morgan fingerprint density at radius 2 is 1.72 bits per heavy atom. The van der Waals surface area contributed by atoms with Crippen LogP contribution in [0.4, 0.5) is 10.5 Å². The van der Waals surface area contributed by atoms with Gasteiger partial charge in [0.15, 0.2) is 0 Å². The molecule has 0 bridgehead atoms. The van der Waals surface area contributed by atoms with Gasteiger partial charge in [-0.15, -0.1) is 0 Å². The van der Waals surface area contributed by atoms with E-state index in [2.05, 4.69) is 5.32 Å². The van der Waals surface area contributed by atoms with Crippen LogP contribution in [0.5, 0.6) is 5.75 Å². The molecule has 0 saturated carbocycles. The van der Waals surface area contributed by atoms with Crippen molar-refractivity contribution in [1.29, 1.82) is 0 Å². The van der Waals surface area contributed by atoms with Gasteiger partial charge < -0.3 is 10.1 Å². The van der Waals surface area contributed by atoms with Gasteiger partial charge in [0, 0.05) is 5.02 Å². The Bertz CT molecular complexity index is 976. The lowest BCUT2D eigenvalue weighted by Crippen LogP contribution is -2.42. The van der Waals surface area contributed by atoms with Crippen molar-refractivity contribution in [2.24, 2.45) is 0 Å². The van der Waals surface area contributed by atoms with Crippen LogP contribution in [0.2, 0.25) is 5.02 Å². The fourth-order valence-corrected chi connectivity index (χ4v) is 3.24. The molecule has 1 aliphatic heterocycles. The number of methoxy groups -OCH3 is 1. The molecule has 29 heavy (non-hydrogen) atoms. The van der Waals surface area contributed by atoms with Gasteiger partial charge in [-0.3, -0.25) is 14.4 Å². The van der Waals surface area contributed by atoms with Crippen molar-refractivity contribution in [2.75, 3.05) is 18.6 Å². The summed E-state index contributed by atoms with van der Waals surface area (Å²) in [6.07, 6.45) is 0. The predicted molar refractivity (Wildman–Crippen MR) is 106 cm³/mol. The molecule has 1 fully saturated rings. The summed E-state index contributed by atoms with van der Waals surface area (Å²) < 4.78 is 5.03. The number of carbonyl (C=O) groups is 4. The number of rotatable bonds is 6. The Labute approximate surface area is 172 Å². The maximum Gasteiger partial charge on any atom is 0.339 e. The molecule has 1 N–H and O–H groups in total. The Morgan fingerprint density at radius 3 is 2.34 bits per heavy atom. The van der Waals surface area contributed by atoms with Gasteiger partial charge in [-0.1, -0.05) is 29.8 Å². The van der Waals surface area contributed by atoms with Crippen LogP contribution >= 0.6 is 11.6 Å². The van der Waals surface area contributed by atoms with Crippen LogP contribution in [0.25, 0.3) is 0 Å². The molecule has 0 unspecified atom stereocenters. The van der Waals surface area contributed by atoms with Crippen molar-refractivity contribution >= 4 is 41.0 Å². The summed E-state index contributed by atoms with van der Waals surface area (Å²) in [6, 6.07) is 11.7. The molecule has 3 rings (SSSR count). The fourth-order valence-electron chi connectivity index (χ4n) is 2.94. The third-order valence-electron chi connectivity index (χ3n) is 4.43. The molecule has 1 heterocycles. The summed E-state index contributed by atoms with van der Waals surface area (Å²) in [5.41, 5.74) is 0.902. The molecule has 1 aliphatic rings. The van der Waals surface area contributed by atoms with Crippen molar-refractivity contribution < 1.29 is 23.9 Å². The fraction of sp³-hybridized carbons (Fsp3) is 0.200. The van der Waals surface area contributed by atoms with Crippen LogP contribution in [0.3, 0.4) is 0 Å². The number of benzene rings is 2. The molecule has 2 aromatic rings. The maximum absolute atomic E-state index is 12.6. The number of imide groups is 2. The highest BCUT2D eigenvalue weighted by molar-refractivity contribution is 6.53. The minimum Gasteiger partial charge on any atom is -0.497 e. The highest BCUT2D eigenvalue weighted by Crippen LogP contribution is 2.25. The number of hydrogen-bond acceptors (Lipinski definition) is 5. The van der Waals surface area contributed by atoms with E-state index in [-0.39, 0.29) is 5.69 Å². The van der Waals surface area contributed by atoms with E-state index in [0.717, 1.165) is 4.90 Å². The first kappa shape index (κ1) is 20.3. The van der Waals surface area contributed by atoms with Crippen LogP contribution < -0.4 is 15.0 Å². The third kappa shape index (κ3) is 4.07. The number of halogens is 1. The molecule has 9 heteroatoms. The first-order chi connectivity index (χ1) is 13.8. The van der Waals surface area contributed by atoms with Crippen LogP contribution in [-0.4, -0.2) is 42.3 Å². The van der Waals surface area contributed by atoms with Crippen molar-refractivity contribution in [3.05, 3.63) is 59.1 Å². The van der Waals surface area contributed by atoms with E-state index in [1.807, 2.05) is 0 Å². The first-order valence-corrected chi connectivity index (χ1v) is 9.09. The number of nitrogens with zero attached hydrogens (tertiary/aromatic N) is 2. The van der Waals surface area contributed by atoms with Gasteiger partial charge >= 0.3 is 17.8 Å². The van der Waals surface area contributed by atoms with E-state index in [9.17, 15) is 19.2 Å². The van der Waals surface area contributed by atoms with E-state index in [0.29, 0.717) is 21.2 Å². The van der Waals surface area contributed by atoms with Gasteiger partial charge in [0.05, 0.1) is 18.8 Å². The molecule has 8 nitrogen and oxygen atoms in total. The maximum atomic E-state index is 12.6. The quantitative estimate of drug-likeness (QED) is 0.577. The van der Waals surface area contributed by atoms with Gasteiger partial charge in [0.2, 0.25) is 5.91 Å². The van der Waals surface area contributed by atoms with Gasteiger partial charge in [-0.25, -0.2) is 14.6 Å². The highest BCUT2D eigenvalue weighted by Gasteiger charge is 2.46. The lowest BCUT2D eigenvalue weighted by Gasteiger charge is -2.18. The van der Waals surface area contributed by atoms with Crippen LogP contribution in [0.1, 0.15) is 18.5 Å². The summed E-state index contributed by atoms with van der Waals surface area (Å²) in [5.74, 6) is -2.15. The normalized spacial score (nSPS) is 14.9. The molecule has 5 amide bonds. The smallest absolute Gasteiger partial charge is 0.339 e. The van der Waals surface area contributed by atoms with E-state index in [4.69, 9.17) is 16.3 Å². The molecule has 0 spiro atoms.